The van der Waals surface area contributed by atoms with Crippen molar-refractivity contribution in [3.05, 3.63) is 285 Å². The van der Waals surface area contributed by atoms with Crippen LogP contribution in [-0.2, 0) is 0 Å². The van der Waals surface area contributed by atoms with E-state index in [0.29, 0.717) is 0 Å². The average Bonchev–Trinajstić information content (AvgIpc) is 1.14. The molecule has 3 heterocycles. The zero-order chi connectivity index (χ0) is 55.0. The van der Waals surface area contributed by atoms with E-state index in [-0.39, 0.29) is 6.71 Å². The van der Waals surface area contributed by atoms with E-state index in [1.54, 1.807) is 0 Å². The summed E-state index contributed by atoms with van der Waals surface area (Å²) in [6.07, 6.45) is 0. The van der Waals surface area contributed by atoms with E-state index >= 15 is 0 Å². The molecule has 15 aromatic carbocycles. The van der Waals surface area contributed by atoms with Gasteiger partial charge in [-0.1, -0.05) is 249 Å². The van der Waals surface area contributed by atoms with Crippen molar-refractivity contribution in [3.63, 3.8) is 0 Å². The summed E-state index contributed by atoms with van der Waals surface area (Å²) < 4.78 is 21.0. The normalized spacial score (nSPS) is 12.5. The maximum atomic E-state index is 7.28. The minimum atomic E-state index is -0.168. The van der Waals surface area contributed by atoms with E-state index in [1.807, 2.05) is 0 Å². The SMILES string of the molecule is c1ccc(-c2c3ccccc3c(-c3ccccc3-c3cccc4c3Oc3cccc5c3B4c3cccc(-c4ccccc4-c4c6ccccc6c(-c6ccc7oc8cc9ccccc9cc8c7c6)c6ccccc46)c3O5)c3ccccc23)cc1. The molecular weight excluding hydrogens is 1020 g/mol. The second-order valence-corrected chi connectivity index (χ2v) is 22.4. The van der Waals surface area contributed by atoms with Gasteiger partial charge in [-0.25, -0.2) is 0 Å². The van der Waals surface area contributed by atoms with Crippen LogP contribution < -0.4 is 25.9 Å². The predicted molar refractivity (Wildman–Crippen MR) is 352 cm³/mol. The number of ether oxygens (including phenoxy) is 2. The summed E-state index contributed by atoms with van der Waals surface area (Å²) in [4.78, 5) is 0. The molecule has 0 bridgehead atoms. The quantitative estimate of drug-likeness (QED) is 0.123. The fraction of sp³-hybridized carbons (Fsp3) is 0. The smallest absolute Gasteiger partial charge is 0.260 e. The lowest BCUT2D eigenvalue weighted by molar-refractivity contribution is 0.466. The Morgan fingerprint density at radius 1 is 0.238 bits per heavy atom. The predicted octanol–water partition coefficient (Wildman–Crippen LogP) is 20.1. The first kappa shape index (κ1) is 46.8. The summed E-state index contributed by atoms with van der Waals surface area (Å²) >= 11 is 0. The summed E-state index contributed by atoms with van der Waals surface area (Å²) in [5, 5.41) is 14.2. The Morgan fingerprint density at radius 2 is 0.631 bits per heavy atom. The molecule has 388 valence electrons. The largest absolute Gasteiger partial charge is 0.458 e. The van der Waals surface area contributed by atoms with Gasteiger partial charge in [0.15, 0.2) is 0 Å². The molecule has 2 aliphatic heterocycles. The van der Waals surface area contributed by atoms with Gasteiger partial charge < -0.3 is 13.9 Å². The minimum Gasteiger partial charge on any atom is -0.458 e. The lowest BCUT2D eigenvalue weighted by Crippen LogP contribution is -2.57. The minimum absolute atomic E-state index is 0.168. The zero-order valence-corrected chi connectivity index (χ0v) is 45.4. The summed E-state index contributed by atoms with van der Waals surface area (Å²) in [5.41, 5.74) is 18.8. The number of para-hydroxylation sites is 2. The third kappa shape index (κ3) is 6.89. The van der Waals surface area contributed by atoms with Crippen molar-refractivity contribution < 1.29 is 13.9 Å². The maximum Gasteiger partial charge on any atom is 0.260 e. The van der Waals surface area contributed by atoms with E-state index in [4.69, 9.17) is 13.9 Å². The Bertz CT molecular complexity index is 5350. The molecule has 0 spiro atoms. The molecule has 84 heavy (non-hydrogen) atoms. The molecule has 0 unspecified atom stereocenters. The van der Waals surface area contributed by atoms with Crippen LogP contribution in [0.1, 0.15) is 0 Å². The van der Waals surface area contributed by atoms with Crippen LogP contribution in [0.2, 0.25) is 0 Å². The summed E-state index contributed by atoms with van der Waals surface area (Å²) in [6.45, 7) is -0.168. The zero-order valence-electron chi connectivity index (χ0n) is 45.4. The fourth-order valence-corrected chi connectivity index (χ4v) is 14.5. The lowest BCUT2D eigenvalue weighted by atomic mass is 9.34. The van der Waals surface area contributed by atoms with E-state index in [1.165, 1.54) is 81.7 Å². The van der Waals surface area contributed by atoms with Crippen molar-refractivity contribution in [2.24, 2.45) is 0 Å². The molecule has 0 saturated heterocycles. The summed E-state index contributed by atoms with van der Waals surface area (Å²) in [5.74, 6) is 3.33. The van der Waals surface area contributed by atoms with Crippen molar-refractivity contribution in [1.82, 2.24) is 0 Å². The molecular formula is C80H47BO3. The Kier molecular flexibility index (Phi) is 10.2. The topological polar surface area (TPSA) is 31.6 Å². The number of benzene rings is 15. The second-order valence-electron chi connectivity index (χ2n) is 22.4. The van der Waals surface area contributed by atoms with Gasteiger partial charge in [-0.3, -0.25) is 0 Å². The highest BCUT2D eigenvalue weighted by Crippen LogP contribution is 2.51. The third-order valence-corrected chi connectivity index (χ3v) is 18.0. The monoisotopic (exact) mass is 1070 g/mol. The molecule has 2 aliphatic rings. The van der Waals surface area contributed by atoms with E-state index in [9.17, 15) is 0 Å². The van der Waals surface area contributed by atoms with Crippen molar-refractivity contribution in [2.45, 2.75) is 0 Å². The van der Waals surface area contributed by atoms with Gasteiger partial charge in [0.1, 0.15) is 34.2 Å². The first-order valence-electron chi connectivity index (χ1n) is 28.9. The van der Waals surface area contributed by atoms with Gasteiger partial charge in [0.05, 0.1) is 0 Å². The Labute approximate surface area is 484 Å². The molecule has 16 aromatic rings. The molecule has 3 nitrogen and oxygen atoms in total. The molecule has 4 heteroatoms. The Hall–Kier alpha value is -10.9. The molecule has 1 aromatic heterocycles. The highest BCUT2D eigenvalue weighted by atomic mass is 16.5. The van der Waals surface area contributed by atoms with Gasteiger partial charge >= 0.3 is 0 Å². The maximum absolute atomic E-state index is 7.28. The third-order valence-electron chi connectivity index (χ3n) is 18.0. The first-order valence-corrected chi connectivity index (χ1v) is 28.9. The van der Waals surface area contributed by atoms with Crippen LogP contribution in [0.15, 0.2) is 290 Å². The number of hydrogen-bond acceptors (Lipinski definition) is 3. The summed E-state index contributed by atoms with van der Waals surface area (Å²) in [6, 6.07) is 104. The Balaban J connectivity index is 0.804. The van der Waals surface area contributed by atoms with Gasteiger partial charge in [0.25, 0.3) is 6.71 Å². The molecule has 0 fully saturated rings. The molecule has 0 N–H and O–H groups in total. The van der Waals surface area contributed by atoms with Gasteiger partial charge in [0, 0.05) is 27.4 Å². The molecule has 0 radical (unpaired) electrons. The van der Waals surface area contributed by atoms with Crippen molar-refractivity contribution in [2.75, 3.05) is 0 Å². The average molecular weight is 1070 g/mol. The van der Waals surface area contributed by atoms with E-state index < -0.39 is 0 Å². The van der Waals surface area contributed by atoms with Crippen molar-refractivity contribution in [1.29, 1.82) is 0 Å². The van der Waals surface area contributed by atoms with Crippen molar-refractivity contribution >= 4 is 98.9 Å². The standard InChI is InChI=1S/C80H47BO3/c1-2-21-48(22-3-1)74-56-29-10-14-33-60(56)76(61-34-15-11-30-57(61)74)54-27-8-6-25-52(54)64-37-18-39-68-79(64)83-71-41-20-42-72-78(71)81(68)69-40-19-38-65(80(69)84-72)53-26-7-9-28-55(53)77-62-35-16-12-31-58(62)75(59-32-13-17-36-63(59)77)51-43-44-70-66(46-51)67-45-49-23-4-5-24-50(49)47-73(67)82-70/h1-47H. The van der Waals surface area contributed by atoms with Crippen LogP contribution >= 0.6 is 0 Å². The van der Waals surface area contributed by atoms with Gasteiger partial charge in [-0.15, -0.1) is 0 Å². The van der Waals surface area contributed by atoms with Crippen molar-refractivity contribution in [3.8, 4) is 89.8 Å². The molecule has 18 rings (SSSR count). The van der Waals surface area contributed by atoms with Crippen LogP contribution in [0.4, 0.5) is 0 Å². The Morgan fingerprint density at radius 3 is 1.14 bits per heavy atom. The van der Waals surface area contributed by atoms with Crippen LogP contribution in [0.25, 0.3) is 143 Å². The van der Waals surface area contributed by atoms with Crippen LogP contribution in [0, 0.1) is 0 Å². The fourth-order valence-electron chi connectivity index (χ4n) is 14.5. The highest BCUT2D eigenvalue weighted by molar-refractivity contribution is 6.98. The van der Waals surface area contributed by atoms with Gasteiger partial charge in [-0.2, -0.15) is 0 Å². The number of hydrogen-bond donors (Lipinski definition) is 0. The van der Waals surface area contributed by atoms with Crippen LogP contribution in [0.3, 0.4) is 0 Å². The van der Waals surface area contributed by atoms with E-state index in [2.05, 4.69) is 285 Å². The lowest BCUT2D eigenvalue weighted by Gasteiger charge is -2.34. The second kappa shape index (κ2) is 18.3. The van der Waals surface area contributed by atoms with E-state index in [0.717, 1.165) is 100 Å². The summed E-state index contributed by atoms with van der Waals surface area (Å²) in [7, 11) is 0. The number of furan rings is 1. The number of rotatable bonds is 6. The first-order chi connectivity index (χ1) is 41.7. The van der Waals surface area contributed by atoms with Crippen LogP contribution in [-0.4, -0.2) is 6.71 Å². The molecule has 0 aliphatic carbocycles. The molecule has 0 saturated carbocycles. The molecule has 0 amide bonds. The van der Waals surface area contributed by atoms with Gasteiger partial charge in [0.2, 0.25) is 0 Å². The highest BCUT2D eigenvalue weighted by Gasteiger charge is 2.42. The number of fused-ring (bicyclic) bond motifs is 12. The van der Waals surface area contributed by atoms with Gasteiger partial charge in [-0.05, 0) is 157 Å². The van der Waals surface area contributed by atoms with Crippen LogP contribution in [0.5, 0.6) is 23.0 Å². The molecule has 0 atom stereocenters.